The number of hydrogen-bond donors (Lipinski definition) is 1. The quantitative estimate of drug-likeness (QED) is 0.483. The lowest BCUT2D eigenvalue weighted by Gasteiger charge is -2.70. The van der Waals surface area contributed by atoms with Crippen molar-refractivity contribution < 1.29 is 33.3 Å². The van der Waals surface area contributed by atoms with Gasteiger partial charge in [0.15, 0.2) is 6.10 Å². The zero-order chi connectivity index (χ0) is 25.2. The molecule has 6 unspecified atom stereocenters. The zero-order valence-electron chi connectivity index (χ0n) is 21.6. The van der Waals surface area contributed by atoms with Crippen molar-refractivity contribution in [2.75, 3.05) is 0 Å². The second kappa shape index (κ2) is 6.91. The third-order valence-corrected chi connectivity index (χ3v) is 11.5. The number of carbonyl (C=O) groups excluding carboxylic acids is 2. The normalized spacial score (nSPS) is 51.7. The molecule has 1 aromatic rings. The van der Waals surface area contributed by atoms with E-state index in [1.807, 2.05) is 6.07 Å². The maximum absolute atomic E-state index is 13.3. The fourth-order valence-corrected chi connectivity index (χ4v) is 9.88. The third-order valence-electron chi connectivity index (χ3n) is 11.5. The van der Waals surface area contributed by atoms with Crippen molar-refractivity contribution in [3.05, 3.63) is 24.2 Å². The smallest absolute Gasteiger partial charge is 0.339 e. The molecule has 5 aliphatic rings. The lowest BCUT2D eigenvalue weighted by Crippen LogP contribution is -2.73. The highest BCUT2D eigenvalue weighted by atomic mass is 16.7. The van der Waals surface area contributed by atoms with Crippen LogP contribution in [0.5, 0.6) is 0 Å². The van der Waals surface area contributed by atoms with Gasteiger partial charge in [0.25, 0.3) is 0 Å². The lowest BCUT2D eigenvalue weighted by atomic mass is 9.34. The van der Waals surface area contributed by atoms with Gasteiger partial charge in [-0.05, 0) is 60.8 Å². The number of rotatable bonds is 2. The molecule has 1 aromatic heterocycles. The SMILES string of the molecule is CC(=O)OC1CC2C(C)(C)C(O)CC[C@@]2(C)C2CC[C@@]3(C)C(c4ccoc4)OC(=O)C4O[C@@]43[C@]12C. The number of furan rings is 1. The van der Waals surface area contributed by atoms with Gasteiger partial charge in [0.2, 0.25) is 0 Å². The van der Waals surface area contributed by atoms with Crippen molar-refractivity contribution in [3.8, 4) is 0 Å². The summed E-state index contributed by atoms with van der Waals surface area (Å²) in [7, 11) is 0. The van der Waals surface area contributed by atoms with E-state index in [9.17, 15) is 14.7 Å². The monoisotopic (exact) mass is 486 g/mol. The molecule has 0 radical (unpaired) electrons. The molecule has 3 saturated carbocycles. The van der Waals surface area contributed by atoms with Gasteiger partial charge in [-0.1, -0.05) is 34.6 Å². The molecular weight excluding hydrogens is 448 g/mol. The fraction of sp³-hybridized carbons (Fsp3) is 0.786. The Bertz CT molecular complexity index is 1060. The van der Waals surface area contributed by atoms with E-state index in [4.69, 9.17) is 18.6 Å². The summed E-state index contributed by atoms with van der Waals surface area (Å²) in [5, 5.41) is 11.0. The van der Waals surface area contributed by atoms with Crippen LogP contribution in [-0.2, 0) is 23.8 Å². The summed E-state index contributed by atoms with van der Waals surface area (Å²) in [6.07, 6.45) is 5.33. The minimum atomic E-state index is -0.797. The number of carbonyl (C=O) groups is 2. The molecule has 2 aliphatic heterocycles. The first-order valence-electron chi connectivity index (χ1n) is 13.1. The predicted molar refractivity (Wildman–Crippen MR) is 125 cm³/mol. The number of esters is 2. The van der Waals surface area contributed by atoms with Crippen LogP contribution in [0.2, 0.25) is 0 Å². The summed E-state index contributed by atoms with van der Waals surface area (Å²) in [4.78, 5) is 25.7. The van der Waals surface area contributed by atoms with Crippen LogP contribution in [0.25, 0.3) is 0 Å². The van der Waals surface area contributed by atoms with Gasteiger partial charge in [0, 0.05) is 23.3 Å². The Labute approximate surface area is 206 Å². The predicted octanol–water partition coefficient (Wildman–Crippen LogP) is 4.58. The van der Waals surface area contributed by atoms with Crippen LogP contribution in [0.3, 0.4) is 0 Å². The molecule has 7 nitrogen and oxygen atoms in total. The highest BCUT2D eigenvalue weighted by molar-refractivity contribution is 5.82. The molecule has 3 aliphatic carbocycles. The van der Waals surface area contributed by atoms with Crippen LogP contribution < -0.4 is 0 Å². The van der Waals surface area contributed by atoms with Crippen LogP contribution in [0.1, 0.15) is 85.3 Å². The van der Waals surface area contributed by atoms with E-state index in [2.05, 4.69) is 34.6 Å². The summed E-state index contributed by atoms with van der Waals surface area (Å²) >= 11 is 0. The Morgan fingerprint density at radius 1 is 1.09 bits per heavy atom. The van der Waals surface area contributed by atoms with E-state index in [1.165, 1.54) is 6.92 Å². The molecule has 1 spiro atoms. The van der Waals surface area contributed by atoms with Crippen LogP contribution in [0.4, 0.5) is 0 Å². The maximum Gasteiger partial charge on any atom is 0.339 e. The average molecular weight is 487 g/mol. The van der Waals surface area contributed by atoms with Gasteiger partial charge in [-0.2, -0.15) is 0 Å². The number of cyclic esters (lactones) is 1. The van der Waals surface area contributed by atoms with E-state index < -0.39 is 40.8 Å². The molecule has 6 rings (SSSR count). The molecule has 35 heavy (non-hydrogen) atoms. The molecule has 0 amide bonds. The summed E-state index contributed by atoms with van der Waals surface area (Å²) < 4.78 is 24.1. The fourth-order valence-electron chi connectivity index (χ4n) is 9.88. The Hall–Kier alpha value is -1.86. The Kier molecular flexibility index (Phi) is 4.65. The highest BCUT2D eigenvalue weighted by Gasteiger charge is 2.88. The molecule has 192 valence electrons. The minimum Gasteiger partial charge on any atom is -0.472 e. The first kappa shape index (κ1) is 23.5. The van der Waals surface area contributed by atoms with E-state index in [0.29, 0.717) is 6.42 Å². The standard InChI is InChI=1S/C28H38O7/c1-15(29)33-20-13-18-24(2,3)19(30)8-10-25(18,4)17-7-11-26(5)21(16-9-12-32-14-16)34-23(31)22-28(26,35-22)27(17,20)6/h9,12,14,17-22,30H,7-8,10-11,13H2,1-6H3/t17?,18?,19?,20?,21?,22?,25-,26-,27-,28-/m0/s1. The summed E-state index contributed by atoms with van der Waals surface area (Å²) in [6.45, 7) is 12.5. The van der Waals surface area contributed by atoms with Crippen molar-refractivity contribution in [1.29, 1.82) is 0 Å². The number of hydrogen-bond acceptors (Lipinski definition) is 7. The van der Waals surface area contributed by atoms with Gasteiger partial charge in [-0.15, -0.1) is 0 Å². The van der Waals surface area contributed by atoms with E-state index in [1.54, 1.807) is 12.5 Å². The first-order valence-corrected chi connectivity index (χ1v) is 13.1. The van der Waals surface area contributed by atoms with E-state index in [0.717, 1.165) is 31.2 Å². The average Bonchev–Trinajstić information content (AvgIpc) is 3.35. The molecule has 10 atom stereocenters. The van der Waals surface area contributed by atoms with Crippen molar-refractivity contribution >= 4 is 11.9 Å². The molecule has 7 heteroatoms. The van der Waals surface area contributed by atoms with Crippen molar-refractivity contribution in [2.45, 2.75) is 104 Å². The Morgan fingerprint density at radius 3 is 2.49 bits per heavy atom. The second-order valence-corrected chi connectivity index (χ2v) is 13.2. The Morgan fingerprint density at radius 2 is 1.83 bits per heavy atom. The Balaban J connectivity index is 1.53. The molecule has 1 N–H and O–H groups in total. The van der Waals surface area contributed by atoms with Crippen LogP contribution >= 0.6 is 0 Å². The number of aliphatic hydroxyl groups excluding tert-OH is 1. The van der Waals surface area contributed by atoms with Gasteiger partial charge < -0.3 is 23.7 Å². The number of epoxide rings is 1. The lowest BCUT2D eigenvalue weighted by molar-refractivity contribution is -0.275. The maximum atomic E-state index is 13.3. The highest BCUT2D eigenvalue weighted by Crippen LogP contribution is 2.80. The van der Waals surface area contributed by atoms with Crippen molar-refractivity contribution in [3.63, 3.8) is 0 Å². The largest absolute Gasteiger partial charge is 0.472 e. The summed E-state index contributed by atoms with van der Waals surface area (Å²) in [6, 6.07) is 1.86. The molecule has 0 aromatic carbocycles. The molecule has 0 bridgehead atoms. The molecule has 2 saturated heterocycles. The van der Waals surface area contributed by atoms with Crippen molar-refractivity contribution in [1.82, 2.24) is 0 Å². The number of fused-ring (bicyclic) bond motifs is 3. The van der Waals surface area contributed by atoms with Gasteiger partial charge in [0.05, 0.1) is 18.6 Å². The van der Waals surface area contributed by atoms with Gasteiger partial charge in [-0.25, -0.2) is 4.79 Å². The summed E-state index contributed by atoms with van der Waals surface area (Å²) in [5.74, 6) is -0.319. The van der Waals surface area contributed by atoms with Crippen LogP contribution in [-0.4, -0.2) is 41.0 Å². The molecule has 5 fully saturated rings. The third kappa shape index (κ3) is 2.59. The number of ether oxygens (including phenoxy) is 3. The summed E-state index contributed by atoms with van der Waals surface area (Å²) in [5.41, 5.74) is -1.42. The minimum absolute atomic E-state index is 0.0762. The van der Waals surface area contributed by atoms with Gasteiger partial charge >= 0.3 is 11.9 Å². The molecule has 3 heterocycles. The van der Waals surface area contributed by atoms with Crippen LogP contribution in [0.15, 0.2) is 23.0 Å². The van der Waals surface area contributed by atoms with Crippen LogP contribution in [0, 0.1) is 33.5 Å². The van der Waals surface area contributed by atoms with E-state index >= 15 is 0 Å². The number of aliphatic hydroxyl groups is 1. The molecular formula is C28H38O7. The topological polar surface area (TPSA) is 98.5 Å². The van der Waals surface area contributed by atoms with Crippen molar-refractivity contribution in [2.24, 2.45) is 33.5 Å². The zero-order valence-corrected chi connectivity index (χ0v) is 21.6. The van der Waals surface area contributed by atoms with Gasteiger partial charge in [-0.3, -0.25) is 4.79 Å². The first-order chi connectivity index (χ1) is 16.3. The second-order valence-electron chi connectivity index (χ2n) is 13.2. The van der Waals surface area contributed by atoms with E-state index in [-0.39, 0.29) is 34.6 Å². The van der Waals surface area contributed by atoms with Gasteiger partial charge in [0.1, 0.15) is 17.8 Å².